The lowest BCUT2D eigenvalue weighted by atomic mass is 10.1. The predicted octanol–water partition coefficient (Wildman–Crippen LogP) is 1.44. The van der Waals surface area contributed by atoms with Crippen LogP contribution in [0.3, 0.4) is 0 Å². The molecule has 2 aliphatic rings. The van der Waals surface area contributed by atoms with Crippen molar-refractivity contribution < 1.29 is 24.2 Å². The summed E-state index contributed by atoms with van der Waals surface area (Å²) in [5.74, 6) is -0.127. The zero-order valence-electron chi connectivity index (χ0n) is 11.5. The van der Waals surface area contributed by atoms with Gasteiger partial charge in [-0.2, -0.15) is 0 Å². The minimum atomic E-state index is -0.786. The van der Waals surface area contributed by atoms with Gasteiger partial charge < -0.3 is 19.9 Å². The summed E-state index contributed by atoms with van der Waals surface area (Å²) >= 11 is 0. The highest BCUT2D eigenvalue weighted by molar-refractivity contribution is 5.95. The molecule has 6 nitrogen and oxygen atoms in total. The molecular weight excluding hydrogens is 274 g/mol. The molecule has 1 aliphatic carbocycles. The number of ether oxygens (including phenoxy) is 2. The van der Waals surface area contributed by atoms with E-state index in [1.807, 2.05) is 0 Å². The van der Waals surface area contributed by atoms with Crippen molar-refractivity contribution in [2.45, 2.75) is 25.3 Å². The van der Waals surface area contributed by atoms with E-state index in [1.165, 1.54) is 0 Å². The topological polar surface area (TPSA) is 84.9 Å². The molecule has 2 atom stereocenters. The van der Waals surface area contributed by atoms with Gasteiger partial charge in [0.25, 0.3) is 5.91 Å². The number of carboxylic acid groups (broad SMARTS) is 1. The van der Waals surface area contributed by atoms with E-state index >= 15 is 0 Å². The first-order valence-corrected chi connectivity index (χ1v) is 7.07. The average Bonchev–Trinajstić information content (AvgIpc) is 2.95. The van der Waals surface area contributed by atoms with Crippen LogP contribution in [0, 0.1) is 5.92 Å². The molecule has 0 saturated heterocycles. The number of hydrogen-bond donors (Lipinski definition) is 2. The van der Waals surface area contributed by atoms with E-state index in [2.05, 4.69) is 5.32 Å². The molecular formula is C15H17NO5. The maximum absolute atomic E-state index is 12.2. The quantitative estimate of drug-likeness (QED) is 0.880. The van der Waals surface area contributed by atoms with Gasteiger partial charge in [-0.3, -0.25) is 9.59 Å². The third-order valence-corrected chi connectivity index (χ3v) is 3.92. The molecule has 0 aromatic heterocycles. The highest BCUT2D eigenvalue weighted by Gasteiger charge is 2.30. The standard InChI is InChI=1S/C15H17NO5/c17-14(16-11-3-1-10(7-11)15(18)19)9-2-4-12-13(8-9)21-6-5-20-12/h2,4,8,10-11H,1,3,5-7H2,(H,16,17)(H,18,19). The number of carbonyl (C=O) groups excluding carboxylic acids is 1. The van der Waals surface area contributed by atoms with E-state index in [4.69, 9.17) is 14.6 Å². The molecule has 1 aromatic rings. The Morgan fingerprint density at radius 2 is 1.90 bits per heavy atom. The highest BCUT2D eigenvalue weighted by atomic mass is 16.6. The molecule has 1 fully saturated rings. The third-order valence-electron chi connectivity index (χ3n) is 3.92. The first-order valence-electron chi connectivity index (χ1n) is 7.07. The molecule has 6 heteroatoms. The number of benzene rings is 1. The van der Waals surface area contributed by atoms with Gasteiger partial charge in [-0.05, 0) is 37.5 Å². The fourth-order valence-corrected chi connectivity index (χ4v) is 2.79. The van der Waals surface area contributed by atoms with Crippen LogP contribution in [0.25, 0.3) is 0 Å². The minimum absolute atomic E-state index is 0.0770. The number of carbonyl (C=O) groups is 2. The summed E-state index contributed by atoms with van der Waals surface area (Å²) in [5.41, 5.74) is 0.498. The van der Waals surface area contributed by atoms with Crippen LogP contribution in [0.2, 0.25) is 0 Å². The van der Waals surface area contributed by atoms with Crippen LogP contribution in [-0.2, 0) is 4.79 Å². The molecule has 3 rings (SSSR count). The monoisotopic (exact) mass is 291 g/mol. The van der Waals surface area contributed by atoms with E-state index in [0.717, 1.165) is 0 Å². The van der Waals surface area contributed by atoms with Crippen LogP contribution in [0.1, 0.15) is 29.6 Å². The fourth-order valence-electron chi connectivity index (χ4n) is 2.79. The summed E-state index contributed by atoms with van der Waals surface area (Å²) in [4.78, 5) is 23.1. The number of carboxylic acids is 1. The Morgan fingerprint density at radius 1 is 1.14 bits per heavy atom. The second-order valence-corrected chi connectivity index (χ2v) is 5.38. The van der Waals surface area contributed by atoms with E-state index < -0.39 is 5.97 Å². The molecule has 1 heterocycles. The summed E-state index contributed by atoms with van der Waals surface area (Å²) in [6.45, 7) is 0.984. The Balaban J connectivity index is 1.65. The normalized spacial score (nSPS) is 23.6. The summed E-state index contributed by atoms with van der Waals surface area (Å²) in [6.07, 6.45) is 1.81. The number of amides is 1. The summed E-state index contributed by atoms with van der Waals surface area (Å²) in [5, 5.41) is 11.9. The van der Waals surface area contributed by atoms with Crippen LogP contribution in [0.15, 0.2) is 18.2 Å². The smallest absolute Gasteiger partial charge is 0.306 e. The Hall–Kier alpha value is -2.24. The van der Waals surface area contributed by atoms with Gasteiger partial charge in [0.15, 0.2) is 11.5 Å². The largest absolute Gasteiger partial charge is 0.486 e. The summed E-state index contributed by atoms with van der Waals surface area (Å²) in [6, 6.07) is 4.99. The molecule has 1 aromatic carbocycles. The van der Waals surface area contributed by atoms with E-state index in [-0.39, 0.29) is 17.9 Å². The molecule has 0 spiro atoms. The van der Waals surface area contributed by atoms with Crippen LogP contribution in [-0.4, -0.2) is 36.2 Å². The Labute approximate surface area is 122 Å². The number of rotatable bonds is 3. The lowest BCUT2D eigenvalue weighted by molar-refractivity contribution is -0.141. The number of fused-ring (bicyclic) bond motifs is 1. The maximum atomic E-state index is 12.2. The molecule has 0 radical (unpaired) electrons. The van der Waals surface area contributed by atoms with Crippen LogP contribution >= 0.6 is 0 Å². The van der Waals surface area contributed by atoms with Gasteiger partial charge in [0, 0.05) is 11.6 Å². The first-order chi connectivity index (χ1) is 10.1. The van der Waals surface area contributed by atoms with Crippen molar-refractivity contribution >= 4 is 11.9 Å². The van der Waals surface area contributed by atoms with Gasteiger partial charge in [0.05, 0.1) is 5.92 Å². The molecule has 112 valence electrons. The number of aliphatic carboxylic acids is 1. The number of hydrogen-bond acceptors (Lipinski definition) is 4. The lowest BCUT2D eigenvalue weighted by Crippen LogP contribution is -2.33. The van der Waals surface area contributed by atoms with Gasteiger partial charge >= 0.3 is 5.97 Å². The maximum Gasteiger partial charge on any atom is 0.306 e. The molecule has 2 unspecified atom stereocenters. The Bertz CT molecular complexity index is 571. The predicted molar refractivity (Wildman–Crippen MR) is 73.7 cm³/mol. The minimum Gasteiger partial charge on any atom is -0.486 e. The third kappa shape index (κ3) is 2.94. The highest BCUT2D eigenvalue weighted by Crippen LogP contribution is 2.31. The summed E-state index contributed by atoms with van der Waals surface area (Å²) < 4.78 is 10.9. The zero-order chi connectivity index (χ0) is 14.8. The summed E-state index contributed by atoms with van der Waals surface area (Å²) in [7, 11) is 0. The Kier molecular flexibility index (Phi) is 3.68. The molecule has 0 bridgehead atoms. The van der Waals surface area contributed by atoms with Crippen molar-refractivity contribution in [1.29, 1.82) is 0 Å². The van der Waals surface area contributed by atoms with E-state index in [0.29, 0.717) is 49.5 Å². The average molecular weight is 291 g/mol. The lowest BCUT2D eigenvalue weighted by Gasteiger charge is -2.19. The molecule has 1 aliphatic heterocycles. The second kappa shape index (κ2) is 5.63. The van der Waals surface area contributed by atoms with Gasteiger partial charge in [-0.1, -0.05) is 0 Å². The van der Waals surface area contributed by atoms with Gasteiger partial charge in [0.2, 0.25) is 0 Å². The molecule has 21 heavy (non-hydrogen) atoms. The van der Waals surface area contributed by atoms with Crippen molar-refractivity contribution in [3.8, 4) is 11.5 Å². The fraction of sp³-hybridized carbons (Fsp3) is 0.467. The van der Waals surface area contributed by atoms with Gasteiger partial charge in [0.1, 0.15) is 13.2 Å². The van der Waals surface area contributed by atoms with Crippen LogP contribution < -0.4 is 14.8 Å². The molecule has 1 saturated carbocycles. The van der Waals surface area contributed by atoms with Crippen molar-refractivity contribution in [2.75, 3.05) is 13.2 Å². The number of nitrogens with one attached hydrogen (secondary N) is 1. The van der Waals surface area contributed by atoms with E-state index in [1.54, 1.807) is 18.2 Å². The Morgan fingerprint density at radius 3 is 2.62 bits per heavy atom. The zero-order valence-corrected chi connectivity index (χ0v) is 11.5. The first kappa shape index (κ1) is 13.7. The van der Waals surface area contributed by atoms with Crippen LogP contribution in [0.5, 0.6) is 11.5 Å². The van der Waals surface area contributed by atoms with Gasteiger partial charge in [-0.25, -0.2) is 0 Å². The van der Waals surface area contributed by atoms with Crippen molar-refractivity contribution in [1.82, 2.24) is 5.32 Å². The molecule has 2 N–H and O–H groups in total. The van der Waals surface area contributed by atoms with Crippen molar-refractivity contribution in [3.05, 3.63) is 23.8 Å². The second-order valence-electron chi connectivity index (χ2n) is 5.38. The van der Waals surface area contributed by atoms with Crippen molar-refractivity contribution in [2.24, 2.45) is 5.92 Å². The van der Waals surface area contributed by atoms with E-state index in [9.17, 15) is 9.59 Å². The van der Waals surface area contributed by atoms with Crippen LogP contribution in [0.4, 0.5) is 0 Å². The SMILES string of the molecule is O=C(NC1CCC(C(=O)O)C1)c1ccc2c(c1)OCCO2. The van der Waals surface area contributed by atoms with Gasteiger partial charge in [-0.15, -0.1) is 0 Å². The van der Waals surface area contributed by atoms with Crippen molar-refractivity contribution in [3.63, 3.8) is 0 Å². The molecule has 1 amide bonds.